The number of halogens is 2. The number of rotatable bonds is 4. The number of benzene rings is 1. The van der Waals surface area contributed by atoms with Crippen LogP contribution in [0.2, 0.25) is 0 Å². The van der Waals surface area contributed by atoms with E-state index < -0.39 is 11.9 Å². The Morgan fingerprint density at radius 2 is 2.29 bits per heavy atom. The SMILES string of the molecule is CCOc1ccc(C(O)CCl)cc1F. The second-order valence-electron chi connectivity index (χ2n) is 2.79. The van der Waals surface area contributed by atoms with Crippen molar-refractivity contribution in [3.05, 3.63) is 29.6 Å². The summed E-state index contributed by atoms with van der Waals surface area (Å²) in [6.45, 7) is 2.19. The molecule has 78 valence electrons. The zero-order chi connectivity index (χ0) is 10.6. The van der Waals surface area contributed by atoms with Crippen molar-refractivity contribution < 1.29 is 14.2 Å². The second-order valence-corrected chi connectivity index (χ2v) is 3.10. The lowest BCUT2D eigenvalue weighted by molar-refractivity contribution is 0.202. The predicted molar refractivity (Wildman–Crippen MR) is 53.2 cm³/mol. The Kier molecular flexibility index (Phi) is 4.17. The molecule has 1 aromatic rings. The first-order valence-corrected chi connectivity index (χ1v) is 4.88. The third-order valence-corrected chi connectivity index (χ3v) is 2.08. The van der Waals surface area contributed by atoms with E-state index in [9.17, 15) is 9.50 Å². The van der Waals surface area contributed by atoms with Gasteiger partial charge in [-0.1, -0.05) is 6.07 Å². The van der Waals surface area contributed by atoms with Crippen molar-refractivity contribution in [3.8, 4) is 5.75 Å². The van der Waals surface area contributed by atoms with Gasteiger partial charge in [0, 0.05) is 0 Å². The molecule has 0 saturated heterocycles. The molecular formula is C10H12ClFO2. The van der Waals surface area contributed by atoms with E-state index >= 15 is 0 Å². The van der Waals surface area contributed by atoms with Crippen molar-refractivity contribution in [2.45, 2.75) is 13.0 Å². The van der Waals surface area contributed by atoms with Crippen LogP contribution in [0.3, 0.4) is 0 Å². The Bertz CT molecular complexity index is 304. The zero-order valence-corrected chi connectivity index (χ0v) is 8.59. The van der Waals surface area contributed by atoms with Gasteiger partial charge in [0.05, 0.1) is 18.6 Å². The minimum Gasteiger partial charge on any atom is -0.491 e. The van der Waals surface area contributed by atoms with Crippen LogP contribution >= 0.6 is 11.6 Å². The highest BCUT2D eigenvalue weighted by atomic mass is 35.5. The number of ether oxygens (including phenoxy) is 1. The number of hydrogen-bond acceptors (Lipinski definition) is 2. The van der Waals surface area contributed by atoms with Gasteiger partial charge in [0.15, 0.2) is 11.6 Å². The molecule has 1 unspecified atom stereocenters. The topological polar surface area (TPSA) is 29.5 Å². The van der Waals surface area contributed by atoms with E-state index in [0.717, 1.165) is 0 Å². The van der Waals surface area contributed by atoms with Gasteiger partial charge in [-0.05, 0) is 24.6 Å². The molecule has 0 radical (unpaired) electrons. The Morgan fingerprint density at radius 1 is 1.57 bits per heavy atom. The van der Waals surface area contributed by atoms with Crippen LogP contribution in [0.15, 0.2) is 18.2 Å². The maximum atomic E-state index is 13.3. The molecule has 0 amide bonds. The van der Waals surface area contributed by atoms with Gasteiger partial charge >= 0.3 is 0 Å². The Hall–Kier alpha value is -0.800. The molecule has 0 aromatic heterocycles. The van der Waals surface area contributed by atoms with Gasteiger partial charge in [-0.25, -0.2) is 4.39 Å². The van der Waals surface area contributed by atoms with Crippen LogP contribution in [0.5, 0.6) is 5.75 Å². The summed E-state index contributed by atoms with van der Waals surface area (Å²) in [5.41, 5.74) is 0.459. The Labute approximate surface area is 87.3 Å². The second kappa shape index (κ2) is 5.17. The summed E-state index contributed by atoms with van der Waals surface area (Å²) in [7, 11) is 0. The summed E-state index contributed by atoms with van der Waals surface area (Å²) in [5, 5.41) is 9.34. The van der Waals surface area contributed by atoms with E-state index in [-0.39, 0.29) is 11.6 Å². The summed E-state index contributed by atoms with van der Waals surface area (Å²) in [4.78, 5) is 0. The van der Waals surface area contributed by atoms with Crippen molar-refractivity contribution in [2.24, 2.45) is 0 Å². The van der Waals surface area contributed by atoms with Crippen LogP contribution in [0.1, 0.15) is 18.6 Å². The van der Waals surface area contributed by atoms with E-state index in [1.165, 1.54) is 12.1 Å². The fourth-order valence-electron chi connectivity index (χ4n) is 1.09. The predicted octanol–water partition coefficient (Wildman–Crippen LogP) is 2.50. The van der Waals surface area contributed by atoms with Crippen molar-refractivity contribution in [2.75, 3.05) is 12.5 Å². The molecule has 14 heavy (non-hydrogen) atoms. The molecule has 0 saturated carbocycles. The molecule has 0 aliphatic carbocycles. The average Bonchev–Trinajstić information content (AvgIpc) is 2.20. The van der Waals surface area contributed by atoms with Crippen LogP contribution in [0.25, 0.3) is 0 Å². The lowest BCUT2D eigenvalue weighted by Gasteiger charge is -2.09. The first kappa shape index (κ1) is 11.3. The van der Waals surface area contributed by atoms with Crippen LogP contribution in [0, 0.1) is 5.82 Å². The summed E-state index contributed by atoms with van der Waals surface area (Å²) in [6.07, 6.45) is -0.832. The molecule has 1 aromatic carbocycles. The zero-order valence-electron chi connectivity index (χ0n) is 7.84. The third-order valence-electron chi connectivity index (χ3n) is 1.79. The van der Waals surface area contributed by atoms with Gasteiger partial charge in [-0.2, -0.15) is 0 Å². The van der Waals surface area contributed by atoms with Crippen LogP contribution in [-0.4, -0.2) is 17.6 Å². The highest BCUT2D eigenvalue weighted by Crippen LogP contribution is 2.22. The van der Waals surface area contributed by atoms with Crippen LogP contribution in [0.4, 0.5) is 4.39 Å². The summed E-state index contributed by atoms with van der Waals surface area (Å²) in [5.74, 6) is -0.237. The number of alkyl halides is 1. The molecule has 0 aliphatic heterocycles. The van der Waals surface area contributed by atoms with Crippen molar-refractivity contribution in [1.82, 2.24) is 0 Å². The standard InChI is InChI=1S/C10H12ClFO2/c1-2-14-10-4-3-7(5-8(10)12)9(13)6-11/h3-5,9,13H,2,6H2,1H3. The maximum absolute atomic E-state index is 13.3. The minimum absolute atomic E-state index is 0.0490. The molecule has 4 heteroatoms. The van der Waals surface area contributed by atoms with Crippen molar-refractivity contribution >= 4 is 11.6 Å². The van der Waals surface area contributed by atoms with Crippen LogP contribution in [-0.2, 0) is 0 Å². The lowest BCUT2D eigenvalue weighted by Crippen LogP contribution is -2.01. The smallest absolute Gasteiger partial charge is 0.165 e. The molecule has 0 spiro atoms. The van der Waals surface area contributed by atoms with Gasteiger partial charge in [-0.3, -0.25) is 0 Å². The van der Waals surface area contributed by atoms with Gasteiger partial charge in [0.25, 0.3) is 0 Å². The van der Waals surface area contributed by atoms with Crippen molar-refractivity contribution in [3.63, 3.8) is 0 Å². The molecule has 1 N–H and O–H groups in total. The summed E-state index contributed by atoms with van der Waals surface area (Å²) >= 11 is 5.44. The van der Waals surface area contributed by atoms with E-state index in [2.05, 4.69) is 0 Å². The van der Waals surface area contributed by atoms with Gasteiger partial charge in [0.1, 0.15) is 0 Å². The molecule has 0 heterocycles. The highest BCUT2D eigenvalue weighted by Gasteiger charge is 2.09. The lowest BCUT2D eigenvalue weighted by atomic mass is 10.1. The molecule has 0 bridgehead atoms. The third kappa shape index (κ3) is 2.59. The minimum atomic E-state index is -0.832. The van der Waals surface area contributed by atoms with Gasteiger partial charge in [-0.15, -0.1) is 11.6 Å². The maximum Gasteiger partial charge on any atom is 0.165 e. The number of aliphatic hydroxyl groups is 1. The molecular weight excluding hydrogens is 207 g/mol. The number of hydrogen-bond donors (Lipinski definition) is 1. The van der Waals surface area contributed by atoms with Gasteiger partial charge in [0.2, 0.25) is 0 Å². The van der Waals surface area contributed by atoms with E-state index in [1.54, 1.807) is 13.0 Å². The Morgan fingerprint density at radius 3 is 2.79 bits per heavy atom. The van der Waals surface area contributed by atoms with E-state index in [1.807, 2.05) is 0 Å². The normalized spacial score (nSPS) is 12.6. The molecule has 0 aliphatic rings. The number of aliphatic hydroxyl groups excluding tert-OH is 1. The highest BCUT2D eigenvalue weighted by molar-refractivity contribution is 6.18. The molecule has 1 rings (SSSR count). The van der Waals surface area contributed by atoms with Gasteiger partial charge < -0.3 is 9.84 Å². The molecule has 2 nitrogen and oxygen atoms in total. The van der Waals surface area contributed by atoms with E-state index in [4.69, 9.17) is 16.3 Å². The summed E-state index contributed by atoms with van der Waals surface area (Å²) in [6, 6.07) is 4.32. The first-order chi connectivity index (χ1) is 6.69. The van der Waals surface area contributed by atoms with E-state index in [0.29, 0.717) is 12.2 Å². The fourth-order valence-corrected chi connectivity index (χ4v) is 1.26. The molecule has 0 fully saturated rings. The average molecular weight is 219 g/mol. The largest absolute Gasteiger partial charge is 0.491 e. The fraction of sp³-hybridized carbons (Fsp3) is 0.400. The Balaban J connectivity index is 2.88. The monoisotopic (exact) mass is 218 g/mol. The first-order valence-electron chi connectivity index (χ1n) is 4.35. The van der Waals surface area contributed by atoms with Crippen molar-refractivity contribution in [1.29, 1.82) is 0 Å². The quantitative estimate of drug-likeness (QED) is 0.787. The summed E-state index contributed by atoms with van der Waals surface area (Å²) < 4.78 is 18.3. The van der Waals surface area contributed by atoms with Crippen LogP contribution < -0.4 is 4.74 Å². The molecule has 1 atom stereocenters.